The van der Waals surface area contributed by atoms with E-state index in [-0.39, 0.29) is 5.97 Å². The second-order valence-electron chi connectivity index (χ2n) is 5.41. The molecule has 0 bridgehead atoms. The van der Waals surface area contributed by atoms with Gasteiger partial charge in [-0.2, -0.15) is 0 Å². The Hall–Kier alpha value is -2.50. The van der Waals surface area contributed by atoms with Gasteiger partial charge in [-0.1, -0.05) is 65.4 Å². The molecule has 0 saturated carbocycles. The summed E-state index contributed by atoms with van der Waals surface area (Å²) in [5.74, 6) is 5.44. The van der Waals surface area contributed by atoms with Gasteiger partial charge in [-0.15, -0.1) is 0 Å². The van der Waals surface area contributed by atoms with Gasteiger partial charge in [-0.05, 0) is 36.8 Å². The summed E-state index contributed by atoms with van der Waals surface area (Å²) in [6.07, 6.45) is 4.11. The summed E-state index contributed by atoms with van der Waals surface area (Å²) in [5, 5.41) is 0.681. The van der Waals surface area contributed by atoms with E-state index in [1.807, 2.05) is 67.6 Å². The van der Waals surface area contributed by atoms with Crippen molar-refractivity contribution >= 4 is 23.6 Å². The molecule has 0 N–H and O–H groups in total. The van der Waals surface area contributed by atoms with Crippen molar-refractivity contribution in [3.63, 3.8) is 0 Å². The number of carbonyl (C=O) groups excluding carboxylic acids is 1. The van der Waals surface area contributed by atoms with E-state index < -0.39 is 5.92 Å². The predicted molar refractivity (Wildman–Crippen MR) is 98.7 cm³/mol. The molecule has 0 aliphatic rings. The van der Waals surface area contributed by atoms with E-state index in [4.69, 9.17) is 16.3 Å². The van der Waals surface area contributed by atoms with Crippen LogP contribution in [0.2, 0.25) is 5.02 Å². The van der Waals surface area contributed by atoms with Crippen LogP contribution < -0.4 is 0 Å². The van der Waals surface area contributed by atoms with Crippen molar-refractivity contribution in [1.29, 1.82) is 0 Å². The van der Waals surface area contributed by atoms with Crippen LogP contribution >= 0.6 is 11.6 Å². The molecule has 0 saturated heterocycles. The summed E-state index contributed by atoms with van der Waals surface area (Å²) in [5.41, 5.74) is 3.10. The van der Waals surface area contributed by atoms with Gasteiger partial charge in [0.2, 0.25) is 0 Å². The summed E-state index contributed by atoms with van der Waals surface area (Å²) >= 11 is 5.87. The Morgan fingerprint density at radius 3 is 2.46 bits per heavy atom. The Morgan fingerprint density at radius 1 is 1.17 bits per heavy atom. The molecule has 2 aromatic carbocycles. The number of methoxy groups -OCH3 is 1. The van der Waals surface area contributed by atoms with E-state index in [2.05, 4.69) is 11.8 Å². The van der Waals surface area contributed by atoms with Gasteiger partial charge in [0, 0.05) is 17.0 Å². The number of hydrogen-bond donors (Lipinski definition) is 0. The topological polar surface area (TPSA) is 26.3 Å². The molecule has 0 heterocycles. The summed E-state index contributed by atoms with van der Waals surface area (Å²) in [7, 11) is 1.39. The Bertz CT molecular complexity index is 762. The molecule has 0 spiro atoms. The van der Waals surface area contributed by atoms with Gasteiger partial charge in [-0.25, -0.2) is 0 Å². The summed E-state index contributed by atoms with van der Waals surface area (Å²) in [4.78, 5) is 11.9. The number of rotatable bonds is 4. The minimum absolute atomic E-state index is 0.293. The highest BCUT2D eigenvalue weighted by atomic mass is 35.5. The summed E-state index contributed by atoms with van der Waals surface area (Å²) in [6, 6.07) is 15.4. The maximum atomic E-state index is 11.9. The number of ether oxygens (including phenoxy) is 1. The van der Waals surface area contributed by atoms with Crippen LogP contribution in [0.4, 0.5) is 0 Å². The van der Waals surface area contributed by atoms with Crippen LogP contribution in [0.25, 0.3) is 6.08 Å². The number of esters is 1. The molecule has 2 rings (SSSR count). The van der Waals surface area contributed by atoms with Crippen molar-refractivity contribution in [2.75, 3.05) is 7.11 Å². The Balaban J connectivity index is 2.07. The van der Waals surface area contributed by atoms with E-state index in [9.17, 15) is 4.79 Å². The van der Waals surface area contributed by atoms with Gasteiger partial charge >= 0.3 is 5.97 Å². The normalized spacial score (nSPS) is 11.6. The third-order valence-electron chi connectivity index (χ3n) is 3.50. The molecule has 0 aromatic heterocycles. The molecule has 0 aliphatic heterocycles. The fourth-order valence-corrected chi connectivity index (χ4v) is 2.21. The molecule has 1 unspecified atom stereocenters. The maximum absolute atomic E-state index is 11.9. The molecular weight excluding hydrogens is 320 g/mol. The van der Waals surface area contributed by atoms with Crippen LogP contribution in [-0.2, 0) is 9.53 Å². The smallest absolute Gasteiger partial charge is 0.313 e. The van der Waals surface area contributed by atoms with Crippen molar-refractivity contribution < 1.29 is 9.53 Å². The van der Waals surface area contributed by atoms with E-state index in [1.165, 1.54) is 12.7 Å². The Kier molecular flexibility index (Phi) is 6.66. The lowest BCUT2D eigenvalue weighted by Crippen LogP contribution is -2.13. The van der Waals surface area contributed by atoms with Gasteiger partial charge < -0.3 is 4.74 Å². The quantitative estimate of drug-likeness (QED) is 0.586. The summed E-state index contributed by atoms with van der Waals surface area (Å²) < 4.78 is 4.86. The minimum atomic E-state index is -0.399. The number of benzene rings is 2. The second-order valence-corrected chi connectivity index (χ2v) is 5.85. The van der Waals surface area contributed by atoms with Crippen LogP contribution in [0, 0.1) is 24.7 Å². The number of carbonyl (C=O) groups is 1. The zero-order valence-electron chi connectivity index (χ0n) is 13.8. The molecule has 1 atom stereocenters. The van der Waals surface area contributed by atoms with Gasteiger partial charge in [0.05, 0.1) is 13.0 Å². The molecule has 0 fully saturated rings. The summed E-state index contributed by atoms with van der Waals surface area (Å²) in [6.45, 7) is 2.03. The van der Waals surface area contributed by atoms with Crippen molar-refractivity contribution in [3.05, 3.63) is 76.3 Å². The monoisotopic (exact) mass is 338 g/mol. The van der Waals surface area contributed by atoms with Crippen molar-refractivity contribution in [2.45, 2.75) is 13.3 Å². The van der Waals surface area contributed by atoms with Crippen LogP contribution in [-0.4, -0.2) is 13.1 Å². The minimum Gasteiger partial charge on any atom is -0.469 e. The second kappa shape index (κ2) is 8.96. The van der Waals surface area contributed by atoms with E-state index in [0.29, 0.717) is 11.4 Å². The molecule has 0 amide bonds. The average molecular weight is 339 g/mol. The van der Waals surface area contributed by atoms with Gasteiger partial charge in [-0.3, -0.25) is 4.79 Å². The fraction of sp³-hybridized carbons (Fsp3) is 0.190. The lowest BCUT2D eigenvalue weighted by atomic mass is 10.0. The van der Waals surface area contributed by atoms with E-state index in [0.717, 1.165) is 11.1 Å². The molecule has 3 heteroatoms. The van der Waals surface area contributed by atoms with Crippen LogP contribution in [0.3, 0.4) is 0 Å². The predicted octanol–water partition coefficient (Wildman–Crippen LogP) is 4.89. The van der Waals surface area contributed by atoms with Gasteiger partial charge in [0.1, 0.15) is 0 Å². The first-order valence-electron chi connectivity index (χ1n) is 7.65. The fourth-order valence-electron chi connectivity index (χ4n) is 2.08. The lowest BCUT2D eigenvalue weighted by Gasteiger charge is -2.06. The van der Waals surface area contributed by atoms with Crippen LogP contribution in [0.1, 0.15) is 23.1 Å². The standard InChI is InChI=1S/C21H19ClO2/c1-16-6-8-17(9-7-16)4-3-5-19(21(23)24-2)13-10-18-11-14-20(22)15-12-18/h6-15,19H,5H2,1-2H3/b13-10+. The van der Waals surface area contributed by atoms with Crippen molar-refractivity contribution in [2.24, 2.45) is 5.92 Å². The first kappa shape index (κ1) is 17.8. The van der Waals surface area contributed by atoms with Crippen LogP contribution in [0.5, 0.6) is 0 Å². The van der Waals surface area contributed by atoms with Gasteiger partial charge in [0.25, 0.3) is 0 Å². The highest BCUT2D eigenvalue weighted by molar-refractivity contribution is 6.30. The SMILES string of the molecule is COC(=O)C(/C=C/c1ccc(Cl)cc1)CC#Cc1ccc(C)cc1. The molecule has 0 aliphatic carbocycles. The Labute approximate surface area is 148 Å². The lowest BCUT2D eigenvalue weighted by molar-refractivity contribution is -0.143. The van der Waals surface area contributed by atoms with Gasteiger partial charge in [0.15, 0.2) is 0 Å². The number of hydrogen-bond acceptors (Lipinski definition) is 2. The third kappa shape index (κ3) is 5.61. The van der Waals surface area contributed by atoms with Crippen LogP contribution in [0.15, 0.2) is 54.6 Å². The highest BCUT2D eigenvalue weighted by Gasteiger charge is 2.14. The van der Waals surface area contributed by atoms with E-state index in [1.54, 1.807) is 0 Å². The maximum Gasteiger partial charge on any atom is 0.313 e. The first-order chi connectivity index (χ1) is 11.6. The number of halogens is 1. The molecule has 2 aromatic rings. The molecular formula is C21H19ClO2. The van der Waals surface area contributed by atoms with Crippen molar-refractivity contribution in [1.82, 2.24) is 0 Å². The van der Waals surface area contributed by atoms with Crippen molar-refractivity contribution in [3.8, 4) is 11.8 Å². The largest absolute Gasteiger partial charge is 0.469 e. The Morgan fingerprint density at radius 2 is 1.83 bits per heavy atom. The zero-order valence-corrected chi connectivity index (χ0v) is 14.5. The zero-order chi connectivity index (χ0) is 17.4. The molecule has 24 heavy (non-hydrogen) atoms. The van der Waals surface area contributed by atoms with E-state index >= 15 is 0 Å². The molecule has 0 radical (unpaired) electrons. The first-order valence-corrected chi connectivity index (χ1v) is 8.03. The molecule has 2 nitrogen and oxygen atoms in total. The average Bonchev–Trinajstić information content (AvgIpc) is 2.60. The third-order valence-corrected chi connectivity index (χ3v) is 3.75. The molecule has 122 valence electrons. The number of aryl methyl sites for hydroxylation is 1. The highest BCUT2D eigenvalue weighted by Crippen LogP contribution is 2.14.